The fourth-order valence-corrected chi connectivity index (χ4v) is 3.47. The summed E-state index contributed by atoms with van der Waals surface area (Å²) in [5.74, 6) is 1.75. The normalized spacial score (nSPS) is 11.0. The average Bonchev–Trinajstić information content (AvgIpc) is 2.66. The van der Waals surface area contributed by atoms with Gasteiger partial charge in [0.15, 0.2) is 18.1 Å². The van der Waals surface area contributed by atoms with Crippen molar-refractivity contribution in [1.82, 2.24) is 5.43 Å². The van der Waals surface area contributed by atoms with Crippen molar-refractivity contribution in [2.75, 3.05) is 20.8 Å². The molecular weight excluding hydrogens is 492 g/mol. The molecule has 28 heavy (non-hydrogen) atoms. The molecule has 1 N–H and O–H groups in total. The van der Waals surface area contributed by atoms with Crippen LogP contribution < -0.4 is 19.6 Å². The summed E-state index contributed by atoms with van der Waals surface area (Å²) in [6.07, 6.45) is 1.52. The quantitative estimate of drug-likeness (QED) is 0.403. The number of hydrogen-bond donors (Lipinski definition) is 1. The van der Waals surface area contributed by atoms with Crippen LogP contribution in [0.1, 0.15) is 30.9 Å². The summed E-state index contributed by atoms with van der Waals surface area (Å²) in [6.45, 7) is 4.01. The van der Waals surface area contributed by atoms with Gasteiger partial charge >= 0.3 is 0 Å². The van der Waals surface area contributed by atoms with E-state index in [-0.39, 0.29) is 18.4 Å². The Kier molecular flexibility index (Phi) is 8.32. The zero-order chi connectivity index (χ0) is 20.7. The number of nitrogens with one attached hydrogen (secondary N) is 1. The second-order valence-electron chi connectivity index (χ2n) is 6.16. The van der Waals surface area contributed by atoms with Crippen molar-refractivity contribution in [3.63, 3.8) is 0 Å². The molecule has 0 radical (unpaired) electrons. The molecule has 0 saturated carbocycles. The predicted octanol–water partition coefficient (Wildman–Crippen LogP) is 4.88. The first-order valence-electron chi connectivity index (χ1n) is 8.51. The molecule has 2 aromatic carbocycles. The van der Waals surface area contributed by atoms with Crippen LogP contribution in [0.3, 0.4) is 0 Å². The molecule has 0 saturated heterocycles. The molecule has 0 aliphatic rings. The number of nitrogens with zero attached hydrogens (tertiary/aromatic N) is 1. The van der Waals surface area contributed by atoms with Gasteiger partial charge in [-0.3, -0.25) is 4.79 Å². The Labute approximate surface area is 181 Å². The van der Waals surface area contributed by atoms with Crippen molar-refractivity contribution in [3.05, 3.63) is 50.4 Å². The maximum Gasteiger partial charge on any atom is 0.277 e. The third-order valence-corrected chi connectivity index (χ3v) is 4.89. The van der Waals surface area contributed by atoms with Crippen molar-refractivity contribution < 1.29 is 19.0 Å². The zero-order valence-corrected chi connectivity index (χ0v) is 19.3. The van der Waals surface area contributed by atoms with Gasteiger partial charge < -0.3 is 14.2 Å². The first-order valence-corrected chi connectivity index (χ1v) is 10.1. The van der Waals surface area contributed by atoms with Gasteiger partial charge in [-0.1, -0.05) is 29.8 Å². The lowest BCUT2D eigenvalue weighted by Crippen LogP contribution is -2.24. The fourth-order valence-electron chi connectivity index (χ4n) is 2.47. The Bertz CT molecular complexity index is 870. The Morgan fingerprint density at radius 3 is 2.54 bits per heavy atom. The lowest BCUT2D eigenvalue weighted by Gasteiger charge is -2.14. The minimum Gasteiger partial charge on any atom is -0.493 e. The van der Waals surface area contributed by atoms with E-state index in [9.17, 15) is 4.79 Å². The monoisotopic (exact) mass is 512 g/mol. The third kappa shape index (κ3) is 5.97. The van der Waals surface area contributed by atoms with Crippen LogP contribution >= 0.6 is 31.9 Å². The molecule has 2 rings (SSSR count). The van der Waals surface area contributed by atoms with Gasteiger partial charge in [0.2, 0.25) is 0 Å². The fraction of sp³-hybridized carbons (Fsp3) is 0.300. The third-order valence-electron chi connectivity index (χ3n) is 3.81. The number of carbonyl (C=O) groups is 1. The minimum atomic E-state index is -0.353. The van der Waals surface area contributed by atoms with Crippen LogP contribution in [0.4, 0.5) is 0 Å². The minimum absolute atomic E-state index is 0.131. The average molecular weight is 514 g/mol. The van der Waals surface area contributed by atoms with E-state index in [1.165, 1.54) is 6.21 Å². The Hall–Kier alpha value is -2.06. The Balaban J connectivity index is 1.97. The van der Waals surface area contributed by atoms with Crippen molar-refractivity contribution in [2.45, 2.75) is 19.8 Å². The lowest BCUT2D eigenvalue weighted by molar-refractivity contribution is -0.123. The van der Waals surface area contributed by atoms with E-state index in [0.717, 1.165) is 20.1 Å². The molecule has 0 aliphatic heterocycles. The summed E-state index contributed by atoms with van der Waals surface area (Å²) in [6, 6.07) is 9.28. The Morgan fingerprint density at radius 1 is 1.14 bits per heavy atom. The van der Waals surface area contributed by atoms with Crippen molar-refractivity contribution >= 4 is 44.0 Å². The number of hydrazone groups is 1. The highest BCUT2D eigenvalue weighted by Crippen LogP contribution is 2.35. The summed E-state index contributed by atoms with van der Waals surface area (Å²) in [5, 5.41) is 3.97. The molecule has 0 atom stereocenters. The second kappa shape index (κ2) is 10.5. The number of hydrogen-bond acceptors (Lipinski definition) is 5. The molecule has 150 valence electrons. The van der Waals surface area contributed by atoms with Gasteiger partial charge in [-0.05, 0) is 63.3 Å². The number of benzene rings is 2. The van der Waals surface area contributed by atoms with Gasteiger partial charge in [-0.2, -0.15) is 5.10 Å². The molecule has 0 unspecified atom stereocenters. The van der Waals surface area contributed by atoms with Gasteiger partial charge in [-0.25, -0.2) is 5.43 Å². The van der Waals surface area contributed by atoms with E-state index in [0.29, 0.717) is 17.2 Å². The van der Waals surface area contributed by atoms with Gasteiger partial charge in [0.1, 0.15) is 5.75 Å². The van der Waals surface area contributed by atoms with E-state index in [4.69, 9.17) is 14.2 Å². The van der Waals surface area contributed by atoms with Crippen LogP contribution in [0, 0.1) is 0 Å². The van der Waals surface area contributed by atoms with Crippen LogP contribution in [0.2, 0.25) is 0 Å². The number of halogens is 2. The SMILES string of the molecule is COc1cc(/C=N/NC(=O)COc2ccc(Br)cc2C(C)C)cc(Br)c1OC. The largest absolute Gasteiger partial charge is 0.493 e. The van der Waals surface area contributed by atoms with Gasteiger partial charge in [-0.15, -0.1) is 0 Å². The second-order valence-corrected chi connectivity index (χ2v) is 7.93. The van der Waals surface area contributed by atoms with Crippen LogP contribution in [0.15, 0.2) is 44.4 Å². The molecule has 0 fully saturated rings. The summed E-state index contributed by atoms with van der Waals surface area (Å²) in [5.41, 5.74) is 4.22. The summed E-state index contributed by atoms with van der Waals surface area (Å²) in [4.78, 5) is 12.0. The highest BCUT2D eigenvalue weighted by atomic mass is 79.9. The van der Waals surface area contributed by atoms with E-state index < -0.39 is 0 Å². The van der Waals surface area contributed by atoms with E-state index in [1.54, 1.807) is 20.3 Å². The van der Waals surface area contributed by atoms with Crippen LogP contribution in [0.5, 0.6) is 17.2 Å². The molecule has 0 spiro atoms. The van der Waals surface area contributed by atoms with E-state index >= 15 is 0 Å². The van der Waals surface area contributed by atoms with E-state index in [1.807, 2.05) is 24.3 Å². The number of carbonyl (C=O) groups excluding carboxylic acids is 1. The lowest BCUT2D eigenvalue weighted by atomic mass is 10.0. The molecule has 0 heterocycles. The number of methoxy groups -OCH3 is 2. The molecule has 8 heteroatoms. The van der Waals surface area contributed by atoms with Crippen molar-refractivity contribution in [2.24, 2.45) is 5.10 Å². The molecular formula is C20H22Br2N2O4. The van der Waals surface area contributed by atoms with Gasteiger partial charge in [0, 0.05) is 4.47 Å². The molecule has 1 amide bonds. The zero-order valence-electron chi connectivity index (χ0n) is 16.1. The topological polar surface area (TPSA) is 69.2 Å². The first kappa shape index (κ1) is 22.2. The maximum atomic E-state index is 12.0. The molecule has 0 aliphatic carbocycles. The highest BCUT2D eigenvalue weighted by Gasteiger charge is 2.11. The predicted molar refractivity (Wildman–Crippen MR) is 117 cm³/mol. The number of amides is 1. The highest BCUT2D eigenvalue weighted by molar-refractivity contribution is 9.10. The molecule has 2 aromatic rings. The molecule has 0 aromatic heterocycles. The Morgan fingerprint density at radius 2 is 1.89 bits per heavy atom. The van der Waals surface area contributed by atoms with Crippen LogP contribution in [-0.2, 0) is 4.79 Å². The molecule has 6 nitrogen and oxygen atoms in total. The summed E-state index contributed by atoms with van der Waals surface area (Å²) < 4.78 is 17.9. The van der Waals surface area contributed by atoms with Crippen molar-refractivity contribution in [3.8, 4) is 17.2 Å². The van der Waals surface area contributed by atoms with Crippen LogP contribution in [-0.4, -0.2) is 32.9 Å². The van der Waals surface area contributed by atoms with Crippen molar-refractivity contribution in [1.29, 1.82) is 0 Å². The van der Waals surface area contributed by atoms with Gasteiger partial charge in [0.05, 0.1) is 24.9 Å². The molecule has 0 bridgehead atoms. The summed E-state index contributed by atoms with van der Waals surface area (Å²) >= 11 is 6.87. The maximum absolute atomic E-state index is 12.0. The smallest absolute Gasteiger partial charge is 0.277 e. The van der Waals surface area contributed by atoms with Crippen LogP contribution in [0.25, 0.3) is 0 Å². The van der Waals surface area contributed by atoms with E-state index in [2.05, 4.69) is 56.2 Å². The summed E-state index contributed by atoms with van der Waals surface area (Å²) in [7, 11) is 3.12. The number of ether oxygens (including phenoxy) is 3. The van der Waals surface area contributed by atoms with Gasteiger partial charge in [0.25, 0.3) is 5.91 Å². The first-order chi connectivity index (χ1) is 13.3. The standard InChI is InChI=1S/C20H22Br2N2O4/c1-12(2)15-9-14(21)5-6-17(15)28-11-19(25)24-23-10-13-7-16(22)20(27-4)18(8-13)26-3/h5-10,12H,11H2,1-4H3,(H,24,25)/b23-10+. The number of rotatable bonds is 8.